The molecule has 0 aliphatic carbocycles. The minimum Gasteiger partial charge on any atom is -0.378 e. The minimum absolute atomic E-state index is 0.0706. The second-order valence-corrected chi connectivity index (χ2v) is 6.33. The van der Waals surface area contributed by atoms with Gasteiger partial charge in [0.25, 0.3) is 5.56 Å². The SMILES string of the molecule is Cc1cc(/C=C/c2ccncc2)c2nc(N3CCOCC3)cc(=O)n2c1. The van der Waals surface area contributed by atoms with Gasteiger partial charge in [-0.25, -0.2) is 4.98 Å². The van der Waals surface area contributed by atoms with Gasteiger partial charge in [-0.1, -0.05) is 12.2 Å². The topological polar surface area (TPSA) is 59.7 Å². The van der Waals surface area contributed by atoms with Crippen molar-refractivity contribution in [2.45, 2.75) is 6.92 Å². The van der Waals surface area contributed by atoms with Crippen LogP contribution >= 0.6 is 0 Å². The number of fused-ring (bicyclic) bond motifs is 1. The number of anilines is 1. The van der Waals surface area contributed by atoms with Crippen molar-refractivity contribution in [1.82, 2.24) is 14.4 Å². The number of hydrogen-bond acceptors (Lipinski definition) is 5. The van der Waals surface area contributed by atoms with E-state index in [1.165, 1.54) is 0 Å². The fourth-order valence-corrected chi connectivity index (χ4v) is 3.10. The first kappa shape index (κ1) is 16.5. The third kappa shape index (κ3) is 3.36. The average Bonchev–Trinajstić information content (AvgIpc) is 2.68. The van der Waals surface area contributed by atoms with Crippen molar-refractivity contribution in [2.24, 2.45) is 0 Å². The molecule has 1 aliphatic rings. The van der Waals surface area contributed by atoms with Crippen molar-refractivity contribution in [1.29, 1.82) is 0 Å². The largest absolute Gasteiger partial charge is 0.378 e. The molecule has 0 radical (unpaired) electrons. The van der Waals surface area contributed by atoms with Gasteiger partial charge in [-0.3, -0.25) is 14.2 Å². The lowest BCUT2D eigenvalue weighted by Gasteiger charge is -2.27. The predicted molar refractivity (Wildman–Crippen MR) is 102 cm³/mol. The van der Waals surface area contributed by atoms with Crippen molar-refractivity contribution >= 4 is 23.6 Å². The van der Waals surface area contributed by atoms with Gasteiger partial charge >= 0.3 is 0 Å². The number of aryl methyl sites for hydroxylation is 1. The van der Waals surface area contributed by atoms with Crippen molar-refractivity contribution in [3.63, 3.8) is 0 Å². The highest BCUT2D eigenvalue weighted by atomic mass is 16.5. The predicted octanol–water partition coefficient (Wildman–Crippen LogP) is 2.40. The summed E-state index contributed by atoms with van der Waals surface area (Å²) in [7, 11) is 0. The summed E-state index contributed by atoms with van der Waals surface area (Å²) >= 11 is 0. The van der Waals surface area contributed by atoms with Crippen LogP contribution in [0.2, 0.25) is 0 Å². The number of aromatic nitrogens is 3. The summed E-state index contributed by atoms with van der Waals surface area (Å²) < 4.78 is 7.01. The summed E-state index contributed by atoms with van der Waals surface area (Å²) in [6, 6.07) is 7.52. The van der Waals surface area contributed by atoms with Crippen LogP contribution in [-0.4, -0.2) is 40.7 Å². The third-order valence-corrected chi connectivity index (χ3v) is 4.41. The van der Waals surface area contributed by atoms with Gasteiger partial charge in [-0.2, -0.15) is 0 Å². The molecule has 0 saturated carbocycles. The molecule has 4 rings (SSSR count). The molecule has 26 heavy (non-hydrogen) atoms. The summed E-state index contributed by atoms with van der Waals surface area (Å²) in [5.74, 6) is 0.709. The highest BCUT2D eigenvalue weighted by Crippen LogP contribution is 2.18. The zero-order valence-electron chi connectivity index (χ0n) is 14.6. The molecule has 0 atom stereocenters. The maximum absolute atomic E-state index is 12.7. The Morgan fingerprint density at radius 3 is 2.65 bits per heavy atom. The number of morpholine rings is 1. The Hall–Kier alpha value is -2.99. The van der Waals surface area contributed by atoms with Crippen LogP contribution in [0.1, 0.15) is 16.7 Å². The molecule has 1 aliphatic heterocycles. The van der Waals surface area contributed by atoms with E-state index in [1.54, 1.807) is 22.9 Å². The Labute approximate surface area is 151 Å². The molecule has 4 heterocycles. The number of nitrogens with zero attached hydrogens (tertiary/aromatic N) is 4. The lowest BCUT2D eigenvalue weighted by molar-refractivity contribution is 0.122. The van der Waals surface area contributed by atoms with Crippen LogP contribution in [0, 0.1) is 6.92 Å². The number of hydrogen-bond donors (Lipinski definition) is 0. The first-order chi connectivity index (χ1) is 12.7. The van der Waals surface area contributed by atoms with Gasteiger partial charge in [0.2, 0.25) is 0 Å². The van der Waals surface area contributed by atoms with Gasteiger partial charge < -0.3 is 9.64 Å². The van der Waals surface area contributed by atoms with Crippen LogP contribution in [0.4, 0.5) is 5.82 Å². The fraction of sp³-hybridized carbons (Fsp3) is 0.250. The lowest BCUT2D eigenvalue weighted by atomic mass is 10.1. The van der Waals surface area contributed by atoms with E-state index in [2.05, 4.69) is 9.88 Å². The molecule has 1 fully saturated rings. The molecule has 3 aromatic rings. The first-order valence-corrected chi connectivity index (χ1v) is 8.65. The second kappa shape index (κ2) is 7.09. The summed E-state index contributed by atoms with van der Waals surface area (Å²) in [6.45, 7) is 4.78. The molecule has 3 aromatic heterocycles. The molecule has 0 N–H and O–H groups in total. The maximum Gasteiger partial charge on any atom is 0.259 e. The lowest BCUT2D eigenvalue weighted by Crippen LogP contribution is -2.37. The molecule has 6 nitrogen and oxygen atoms in total. The first-order valence-electron chi connectivity index (χ1n) is 8.65. The number of ether oxygens (including phenoxy) is 1. The number of rotatable bonds is 3. The molecule has 0 spiro atoms. The Balaban J connectivity index is 1.82. The molecule has 132 valence electrons. The van der Waals surface area contributed by atoms with Gasteiger partial charge in [0.1, 0.15) is 11.5 Å². The van der Waals surface area contributed by atoms with Crippen molar-refractivity contribution < 1.29 is 4.74 Å². The van der Waals surface area contributed by atoms with Crippen molar-refractivity contribution in [3.8, 4) is 0 Å². The zero-order valence-corrected chi connectivity index (χ0v) is 14.6. The highest BCUT2D eigenvalue weighted by Gasteiger charge is 2.15. The smallest absolute Gasteiger partial charge is 0.259 e. The Morgan fingerprint density at radius 2 is 1.88 bits per heavy atom. The minimum atomic E-state index is -0.0706. The summed E-state index contributed by atoms with van der Waals surface area (Å²) in [5.41, 5.74) is 3.56. The fourth-order valence-electron chi connectivity index (χ4n) is 3.10. The molecular formula is C20H20N4O2. The molecule has 0 aromatic carbocycles. The molecule has 0 bridgehead atoms. The average molecular weight is 348 g/mol. The normalized spacial score (nSPS) is 15.0. The van der Waals surface area contributed by atoms with Gasteiger partial charge in [-0.05, 0) is 36.2 Å². The van der Waals surface area contributed by atoms with Gasteiger partial charge in [-0.15, -0.1) is 0 Å². The number of pyridine rings is 2. The Kier molecular flexibility index (Phi) is 4.50. The van der Waals surface area contributed by atoms with Crippen LogP contribution < -0.4 is 10.5 Å². The van der Waals surface area contributed by atoms with Gasteiger partial charge in [0.05, 0.1) is 13.2 Å². The standard InChI is InChI=1S/C20H20N4O2/c1-15-12-17(3-2-16-4-6-21-7-5-16)20-22-18(13-19(25)24(20)14-15)23-8-10-26-11-9-23/h2-7,12-14H,8-11H2,1H3/b3-2+. The molecule has 0 amide bonds. The quantitative estimate of drug-likeness (QED) is 0.727. The van der Waals surface area contributed by atoms with Crippen LogP contribution in [0.15, 0.2) is 47.7 Å². The van der Waals surface area contributed by atoms with Crippen molar-refractivity contribution in [2.75, 3.05) is 31.2 Å². The summed E-state index contributed by atoms with van der Waals surface area (Å²) in [6.07, 6.45) is 9.34. The van der Waals surface area contributed by atoms with Crippen LogP contribution in [0.5, 0.6) is 0 Å². The molecule has 1 saturated heterocycles. The Bertz CT molecular complexity index is 1010. The Morgan fingerprint density at radius 1 is 1.12 bits per heavy atom. The van der Waals surface area contributed by atoms with Crippen LogP contribution in [0.3, 0.4) is 0 Å². The summed E-state index contributed by atoms with van der Waals surface area (Å²) in [5, 5.41) is 0. The molecule has 0 unspecified atom stereocenters. The van der Waals surface area contributed by atoms with E-state index in [1.807, 2.05) is 43.5 Å². The van der Waals surface area contributed by atoms with E-state index in [4.69, 9.17) is 9.72 Å². The van der Waals surface area contributed by atoms with E-state index >= 15 is 0 Å². The summed E-state index contributed by atoms with van der Waals surface area (Å²) in [4.78, 5) is 23.6. The second-order valence-electron chi connectivity index (χ2n) is 6.33. The zero-order chi connectivity index (χ0) is 17.9. The van der Waals surface area contributed by atoms with E-state index in [9.17, 15) is 4.79 Å². The van der Waals surface area contributed by atoms with E-state index in [0.29, 0.717) is 24.7 Å². The highest BCUT2D eigenvalue weighted by molar-refractivity contribution is 5.77. The van der Waals surface area contributed by atoms with E-state index < -0.39 is 0 Å². The van der Waals surface area contributed by atoms with Gasteiger partial charge in [0, 0.05) is 43.3 Å². The molecule has 6 heteroatoms. The maximum atomic E-state index is 12.7. The van der Waals surface area contributed by atoms with Gasteiger partial charge in [0.15, 0.2) is 0 Å². The van der Waals surface area contributed by atoms with Crippen molar-refractivity contribution in [3.05, 3.63) is 69.9 Å². The van der Waals surface area contributed by atoms with Crippen LogP contribution in [-0.2, 0) is 4.74 Å². The van der Waals surface area contributed by atoms with E-state index in [-0.39, 0.29) is 5.56 Å². The third-order valence-electron chi connectivity index (χ3n) is 4.41. The molecular weight excluding hydrogens is 328 g/mol. The van der Waals surface area contributed by atoms with E-state index in [0.717, 1.165) is 29.8 Å². The van der Waals surface area contributed by atoms with Crippen LogP contribution in [0.25, 0.3) is 17.8 Å². The monoisotopic (exact) mass is 348 g/mol.